The number of esters is 2. The highest BCUT2D eigenvalue weighted by atomic mass is 16.6. The average molecular weight is 644 g/mol. The molecular weight excluding hydrogens is 594 g/mol. The van der Waals surface area contributed by atoms with E-state index in [0.29, 0.717) is 24.3 Å². The van der Waals surface area contributed by atoms with Crippen LogP contribution in [0.1, 0.15) is 49.9 Å². The molecule has 0 aromatic heterocycles. The van der Waals surface area contributed by atoms with E-state index in [1.54, 1.807) is 59.8 Å². The van der Waals surface area contributed by atoms with Crippen LogP contribution in [-0.2, 0) is 33.2 Å². The second kappa shape index (κ2) is 11.1. The number of methoxy groups -OCH3 is 5. The van der Waals surface area contributed by atoms with Crippen LogP contribution in [0.25, 0.3) is 0 Å². The SMILES string of the molecule is CCN1C[C@]2(COC)CCC(OC)[C@@]34C5C[C@]6(O)C(OC)C[C@@](OC(C)=O)(C5C6OC(=O)c5ccc(OC)cc5)C(C(OC)C23)C14. The van der Waals surface area contributed by atoms with Gasteiger partial charge in [-0.15, -0.1) is 0 Å². The van der Waals surface area contributed by atoms with Gasteiger partial charge in [0.1, 0.15) is 23.1 Å². The van der Waals surface area contributed by atoms with Crippen molar-refractivity contribution in [3.05, 3.63) is 29.8 Å². The third-order valence-electron chi connectivity index (χ3n) is 13.3. The van der Waals surface area contributed by atoms with E-state index in [4.69, 9.17) is 33.2 Å². The van der Waals surface area contributed by atoms with Crippen molar-refractivity contribution in [3.8, 4) is 5.75 Å². The molecular formula is C35H49NO10. The van der Waals surface area contributed by atoms with Crippen molar-refractivity contribution in [2.75, 3.05) is 55.2 Å². The zero-order valence-electron chi connectivity index (χ0n) is 28.0. The number of hydrogen-bond acceptors (Lipinski definition) is 11. The lowest BCUT2D eigenvalue weighted by molar-refractivity contribution is -0.287. The Morgan fingerprint density at radius 1 is 0.978 bits per heavy atom. The summed E-state index contributed by atoms with van der Waals surface area (Å²) in [5, 5.41) is 12.8. The van der Waals surface area contributed by atoms with Crippen LogP contribution >= 0.6 is 0 Å². The molecule has 1 N–H and O–H groups in total. The lowest BCUT2D eigenvalue weighted by Gasteiger charge is -2.69. The number of aliphatic hydroxyl groups is 1. The first-order chi connectivity index (χ1) is 22.1. The van der Waals surface area contributed by atoms with Crippen molar-refractivity contribution < 1.29 is 47.9 Å². The van der Waals surface area contributed by atoms with Gasteiger partial charge in [0.25, 0.3) is 0 Å². The van der Waals surface area contributed by atoms with Crippen LogP contribution in [0.4, 0.5) is 0 Å². The lowest BCUT2D eigenvalue weighted by Crippen LogP contribution is -2.77. The first-order valence-electron chi connectivity index (χ1n) is 16.6. The predicted molar refractivity (Wildman–Crippen MR) is 164 cm³/mol. The second-order valence-corrected chi connectivity index (χ2v) is 14.6. The molecule has 1 saturated heterocycles. The van der Waals surface area contributed by atoms with Crippen molar-refractivity contribution in [1.82, 2.24) is 4.90 Å². The second-order valence-electron chi connectivity index (χ2n) is 14.6. The fourth-order valence-corrected chi connectivity index (χ4v) is 12.4. The van der Waals surface area contributed by atoms with E-state index in [1.807, 2.05) is 0 Å². The van der Waals surface area contributed by atoms with Gasteiger partial charge in [0.2, 0.25) is 0 Å². The third-order valence-corrected chi connectivity index (χ3v) is 13.3. The largest absolute Gasteiger partial charge is 0.497 e. The molecule has 1 heterocycles. The normalized spacial score (nSPS) is 46.6. The Morgan fingerprint density at radius 2 is 1.70 bits per heavy atom. The molecule has 1 aromatic rings. The maximum atomic E-state index is 13.9. The summed E-state index contributed by atoms with van der Waals surface area (Å²) in [6, 6.07) is 6.66. The number of carbonyl (C=O) groups excluding carboxylic acids is 2. The zero-order chi connectivity index (χ0) is 32.8. The Morgan fingerprint density at radius 3 is 2.28 bits per heavy atom. The van der Waals surface area contributed by atoms with Crippen LogP contribution in [0.5, 0.6) is 5.75 Å². The lowest BCUT2D eigenvalue weighted by atomic mass is 9.43. The van der Waals surface area contributed by atoms with Gasteiger partial charge < -0.3 is 38.3 Å². The van der Waals surface area contributed by atoms with Gasteiger partial charge in [0.05, 0.1) is 37.6 Å². The van der Waals surface area contributed by atoms with Crippen LogP contribution in [-0.4, -0.2) is 119 Å². The Labute approximate surface area is 271 Å². The molecule has 9 unspecified atom stereocenters. The van der Waals surface area contributed by atoms with Crippen LogP contribution in [0.2, 0.25) is 0 Å². The quantitative estimate of drug-likeness (QED) is 0.379. The van der Waals surface area contributed by atoms with Crippen molar-refractivity contribution >= 4 is 11.9 Å². The fourth-order valence-electron chi connectivity index (χ4n) is 12.4. The van der Waals surface area contributed by atoms with Gasteiger partial charge in [-0.3, -0.25) is 9.69 Å². The Bertz CT molecular complexity index is 1360. The predicted octanol–water partition coefficient (Wildman–Crippen LogP) is 2.72. The minimum absolute atomic E-state index is 0.00534. The molecule has 7 bridgehead atoms. The summed E-state index contributed by atoms with van der Waals surface area (Å²) in [6.07, 6.45) is 0.142. The Hall–Kier alpha value is -2.28. The first-order valence-corrected chi connectivity index (χ1v) is 16.6. The molecule has 5 aliphatic carbocycles. The maximum Gasteiger partial charge on any atom is 0.338 e. The van der Waals surface area contributed by atoms with Gasteiger partial charge >= 0.3 is 11.9 Å². The minimum atomic E-state index is -1.51. The van der Waals surface area contributed by atoms with Crippen molar-refractivity contribution in [2.24, 2.45) is 34.5 Å². The van der Waals surface area contributed by atoms with Crippen molar-refractivity contribution in [1.29, 1.82) is 0 Å². The molecule has 6 fully saturated rings. The van der Waals surface area contributed by atoms with Crippen LogP contribution in [0.3, 0.4) is 0 Å². The summed E-state index contributed by atoms with van der Waals surface area (Å²) >= 11 is 0. The molecule has 1 aliphatic heterocycles. The maximum absolute atomic E-state index is 13.9. The zero-order valence-corrected chi connectivity index (χ0v) is 28.0. The van der Waals surface area contributed by atoms with Gasteiger partial charge in [-0.05, 0) is 56.0 Å². The van der Waals surface area contributed by atoms with Crippen molar-refractivity contribution in [2.45, 2.75) is 81.2 Å². The number of nitrogens with zero attached hydrogens (tertiary/aromatic N) is 1. The number of likely N-dealkylation sites (tertiary alicyclic amines) is 1. The van der Waals surface area contributed by atoms with E-state index in [0.717, 1.165) is 25.9 Å². The standard InChI is InChI=1S/C35H49NO10/c1-8-36-17-32(18-40-3)14-13-23(42-5)35-22-15-33(39)24(43-6)16-34(46-19(2)37,26(29(35)36)27(44-7)28(32)35)25(22)30(33)45-31(38)20-9-11-21(41-4)12-10-20/h9-12,22-30,39H,8,13-18H2,1-7H3/t22?,23?,24?,25?,26?,27?,28?,29?,30?,32-,33-,34+,35-/m0/s1. The molecule has 1 spiro atoms. The Balaban J connectivity index is 1.46. The number of carbonyl (C=O) groups is 2. The van der Waals surface area contributed by atoms with Crippen LogP contribution in [0, 0.1) is 34.5 Å². The number of piperidine rings is 1. The molecule has 11 nitrogen and oxygen atoms in total. The number of rotatable bonds is 10. The molecule has 254 valence electrons. The summed E-state index contributed by atoms with van der Waals surface area (Å²) in [5.74, 6) is -1.38. The van der Waals surface area contributed by atoms with E-state index < -0.39 is 46.7 Å². The molecule has 11 heteroatoms. The molecule has 0 amide bonds. The monoisotopic (exact) mass is 643 g/mol. The number of hydrogen-bond donors (Lipinski definition) is 1. The minimum Gasteiger partial charge on any atom is -0.497 e. The van der Waals surface area contributed by atoms with E-state index in [-0.39, 0.29) is 47.8 Å². The molecule has 6 aliphatic rings. The highest BCUT2D eigenvalue weighted by molar-refractivity contribution is 5.89. The van der Waals surface area contributed by atoms with Gasteiger partial charge in [0.15, 0.2) is 0 Å². The molecule has 1 aromatic carbocycles. The van der Waals surface area contributed by atoms with E-state index in [2.05, 4.69) is 11.8 Å². The summed E-state index contributed by atoms with van der Waals surface area (Å²) in [6.45, 7) is 5.80. The summed E-state index contributed by atoms with van der Waals surface area (Å²) in [4.78, 5) is 29.7. The molecule has 0 radical (unpaired) electrons. The highest BCUT2D eigenvalue weighted by Gasteiger charge is 2.89. The van der Waals surface area contributed by atoms with E-state index in [1.165, 1.54) is 6.92 Å². The molecule has 46 heavy (non-hydrogen) atoms. The summed E-state index contributed by atoms with van der Waals surface area (Å²) in [7, 11) is 8.44. The number of fused-ring (bicyclic) bond motifs is 2. The number of ether oxygens (including phenoxy) is 7. The van der Waals surface area contributed by atoms with Gasteiger partial charge in [0, 0.05) is 83.0 Å². The van der Waals surface area contributed by atoms with Crippen LogP contribution in [0.15, 0.2) is 24.3 Å². The van der Waals surface area contributed by atoms with Gasteiger partial charge in [-0.2, -0.15) is 0 Å². The fraction of sp³-hybridized carbons (Fsp3) is 0.771. The summed E-state index contributed by atoms with van der Waals surface area (Å²) < 4.78 is 43.6. The topological polar surface area (TPSA) is 122 Å². The third kappa shape index (κ3) is 3.87. The summed E-state index contributed by atoms with van der Waals surface area (Å²) in [5.41, 5.74) is -3.03. The Kier molecular flexibility index (Phi) is 7.81. The van der Waals surface area contributed by atoms with Gasteiger partial charge in [-0.1, -0.05) is 6.92 Å². The molecule has 13 atom stereocenters. The first kappa shape index (κ1) is 32.3. The average Bonchev–Trinajstić information content (AvgIpc) is 3.42. The highest BCUT2D eigenvalue weighted by Crippen LogP contribution is 2.80. The van der Waals surface area contributed by atoms with Crippen LogP contribution < -0.4 is 4.74 Å². The smallest absolute Gasteiger partial charge is 0.338 e. The van der Waals surface area contributed by atoms with Crippen molar-refractivity contribution in [3.63, 3.8) is 0 Å². The van der Waals surface area contributed by atoms with E-state index in [9.17, 15) is 14.7 Å². The molecule has 7 rings (SSSR count). The van der Waals surface area contributed by atoms with E-state index >= 15 is 0 Å². The molecule has 5 saturated carbocycles. The van der Waals surface area contributed by atoms with Gasteiger partial charge in [-0.25, -0.2) is 4.79 Å². The number of benzene rings is 1.